The van der Waals surface area contributed by atoms with Gasteiger partial charge in [-0.15, -0.1) is 0 Å². The summed E-state index contributed by atoms with van der Waals surface area (Å²) in [5.41, 5.74) is 5.66. The summed E-state index contributed by atoms with van der Waals surface area (Å²) in [6.07, 6.45) is -3.11. The lowest BCUT2D eigenvalue weighted by Gasteiger charge is -2.47. The van der Waals surface area contributed by atoms with Crippen LogP contribution in [0.25, 0.3) is 11.1 Å². The number of aromatic nitrogens is 1. The average molecular weight is 828 g/mol. The number of benzene rings is 1. The van der Waals surface area contributed by atoms with Crippen LogP contribution in [0.1, 0.15) is 100.0 Å². The maximum atomic E-state index is 14.5. The van der Waals surface area contributed by atoms with E-state index in [0.29, 0.717) is 35.4 Å². The molecule has 0 aliphatic carbocycles. The van der Waals surface area contributed by atoms with Crippen LogP contribution in [0.5, 0.6) is 0 Å². The van der Waals surface area contributed by atoms with Gasteiger partial charge in [-0.25, -0.2) is 4.99 Å². The number of oxazole rings is 1. The average Bonchev–Trinajstić information content (AvgIpc) is 3.54. The fourth-order valence-corrected chi connectivity index (χ4v) is 9.41. The second-order valence-electron chi connectivity index (χ2n) is 17.6. The molecule has 1 aromatic carbocycles. The Hall–Kier alpha value is -3.80. The van der Waals surface area contributed by atoms with E-state index in [-0.39, 0.29) is 50.6 Å². The standard InChI is InChI=1S/C43H65N5O11/c1-12-34-43(9,53)30-15-14-29(47-55-20-28-13-16-33-31(18-28)46-41(44)57-33)21-54-42(8,19-22(2)35(24(30)4)45-27(7)49)38(25(5)36(50)26(6)39(52)58-34)59-40-37(51)32(48(10)11)17-23(3)56-40/h13,16,18,22-26,30,32,34,37-38,40,51,53H,12,14-15,17,19-21H2,1-11H3,(H2,44,46)/b45-35+,47-29+/t22-,23-,24-,25+,26-,30-,32+,34-,37-,38-,40+,42-,43+/m1/s1. The molecule has 3 saturated heterocycles. The molecule has 13 atom stereocenters. The Balaban J connectivity index is 1.66. The predicted octanol–water partition coefficient (Wildman–Crippen LogP) is 4.86. The second-order valence-corrected chi connectivity index (χ2v) is 17.6. The Bertz CT molecular complexity index is 1880. The lowest BCUT2D eigenvalue weighted by atomic mass is 9.68. The van der Waals surface area contributed by atoms with Crippen molar-refractivity contribution < 1.29 is 52.8 Å². The lowest BCUT2D eigenvalue weighted by molar-refractivity contribution is -0.296. The largest absolute Gasteiger partial charge is 0.459 e. The molecule has 5 rings (SSSR count). The zero-order chi connectivity index (χ0) is 43.6. The summed E-state index contributed by atoms with van der Waals surface area (Å²) in [4.78, 5) is 57.9. The molecule has 328 valence electrons. The molecule has 0 unspecified atom stereocenters. The molecule has 2 aromatic rings. The van der Waals surface area contributed by atoms with Crippen molar-refractivity contribution in [3.05, 3.63) is 23.8 Å². The number of rotatable bonds is 7. The molecule has 16 heteroatoms. The molecule has 0 spiro atoms. The van der Waals surface area contributed by atoms with E-state index >= 15 is 0 Å². The Morgan fingerprint density at radius 1 is 1.12 bits per heavy atom. The molecule has 3 aliphatic heterocycles. The molecule has 2 bridgehead atoms. The number of hydrogen-bond donors (Lipinski definition) is 3. The van der Waals surface area contributed by atoms with Crippen LogP contribution in [0.4, 0.5) is 6.01 Å². The number of oxime groups is 1. The van der Waals surface area contributed by atoms with Crippen molar-refractivity contribution >= 4 is 46.2 Å². The van der Waals surface area contributed by atoms with Gasteiger partial charge in [-0.05, 0) is 103 Å². The number of hydrogen-bond acceptors (Lipinski definition) is 15. The number of nitrogens with two attached hydrogens (primary N) is 1. The topological polar surface area (TPSA) is 218 Å². The summed E-state index contributed by atoms with van der Waals surface area (Å²) in [6, 6.07) is 5.12. The van der Waals surface area contributed by atoms with Gasteiger partial charge in [0.15, 0.2) is 17.7 Å². The third kappa shape index (κ3) is 10.4. The molecule has 3 fully saturated rings. The Kier molecular flexibility index (Phi) is 14.8. The van der Waals surface area contributed by atoms with Crippen LogP contribution in [0.15, 0.2) is 32.8 Å². The van der Waals surface area contributed by atoms with Gasteiger partial charge in [0.1, 0.15) is 35.9 Å². The van der Waals surface area contributed by atoms with Gasteiger partial charge in [-0.3, -0.25) is 14.4 Å². The number of nitrogen functional groups attached to an aromatic ring is 1. The van der Waals surface area contributed by atoms with Crippen molar-refractivity contribution in [1.82, 2.24) is 9.88 Å². The lowest BCUT2D eigenvalue weighted by Crippen LogP contribution is -2.59. The first-order valence-electron chi connectivity index (χ1n) is 20.8. The number of cyclic esters (lactones) is 1. The van der Waals surface area contributed by atoms with E-state index in [2.05, 4.69) is 15.1 Å². The second kappa shape index (κ2) is 18.9. The van der Waals surface area contributed by atoms with Gasteiger partial charge in [-0.2, -0.15) is 4.98 Å². The number of aliphatic hydroxyl groups is 2. The molecule has 16 nitrogen and oxygen atoms in total. The molecular weight excluding hydrogens is 762 g/mol. The number of carbonyl (C=O) groups excluding carboxylic acids is 3. The van der Waals surface area contributed by atoms with E-state index in [1.165, 1.54) is 13.8 Å². The number of anilines is 1. The number of Topliss-reactive ketones (excluding diaryl/α,β-unsaturated/α-hetero) is 1. The highest BCUT2D eigenvalue weighted by Gasteiger charge is 2.52. The van der Waals surface area contributed by atoms with Crippen LogP contribution >= 0.6 is 0 Å². The monoisotopic (exact) mass is 827 g/mol. The van der Waals surface area contributed by atoms with E-state index in [9.17, 15) is 24.6 Å². The first-order chi connectivity index (χ1) is 27.7. The molecule has 0 saturated carbocycles. The van der Waals surface area contributed by atoms with Crippen LogP contribution < -0.4 is 5.73 Å². The number of ether oxygens (including phenoxy) is 4. The maximum Gasteiger partial charge on any atom is 0.316 e. The van der Waals surface area contributed by atoms with Gasteiger partial charge < -0.3 is 49.0 Å². The molecule has 4 N–H and O–H groups in total. The Morgan fingerprint density at radius 3 is 2.49 bits per heavy atom. The highest BCUT2D eigenvalue weighted by Crippen LogP contribution is 2.42. The van der Waals surface area contributed by atoms with Crippen molar-refractivity contribution in [2.24, 2.45) is 39.7 Å². The number of aliphatic imine (C=N–C) groups is 1. The maximum absolute atomic E-state index is 14.5. The van der Waals surface area contributed by atoms with Crippen LogP contribution in [0, 0.1) is 29.6 Å². The molecule has 4 heterocycles. The number of aliphatic hydroxyl groups excluding tert-OH is 1. The van der Waals surface area contributed by atoms with Crippen molar-refractivity contribution in [3.63, 3.8) is 0 Å². The van der Waals surface area contributed by atoms with E-state index in [1.807, 2.05) is 52.8 Å². The van der Waals surface area contributed by atoms with Gasteiger partial charge >= 0.3 is 5.97 Å². The number of likely N-dealkylation sites (N-methyl/N-ethyl adjacent to an activating group) is 1. The number of carbonyl (C=O) groups is 3. The minimum atomic E-state index is -1.64. The minimum absolute atomic E-state index is 0.0567. The fraction of sp³-hybridized carbons (Fsp3) is 0.721. The molecule has 1 amide bonds. The number of nitrogens with zero attached hydrogens (tertiary/aromatic N) is 4. The smallest absolute Gasteiger partial charge is 0.316 e. The van der Waals surface area contributed by atoms with Crippen LogP contribution in [0.2, 0.25) is 0 Å². The van der Waals surface area contributed by atoms with E-state index in [1.54, 1.807) is 32.9 Å². The van der Waals surface area contributed by atoms with E-state index in [4.69, 9.17) is 33.9 Å². The summed E-state index contributed by atoms with van der Waals surface area (Å²) in [6.45, 7) is 15.6. The molecule has 59 heavy (non-hydrogen) atoms. The van der Waals surface area contributed by atoms with Gasteiger partial charge in [0.25, 0.3) is 6.01 Å². The zero-order valence-corrected chi connectivity index (χ0v) is 36.5. The van der Waals surface area contributed by atoms with Gasteiger partial charge in [0.05, 0.1) is 30.1 Å². The number of ketones is 1. The Morgan fingerprint density at radius 2 is 1.83 bits per heavy atom. The third-order valence-electron chi connectivity index (χ3n) is 12.7. The SMILES string of the molecule is CC[C@H]1OC(=O)[C@H](C)C(=O)[C@H](C)[C@@H](O[C@@H]2O[C@H](C)C[C@H](N(C)C)[C@H]2O)[C@@]2(C)C[C@@H](C)/C(=N\C(C)=O)[C@H](C)[C@@H](CC/C(=N\OCc3ccc4oc(N)nc4c3)CO2)[C@]1(C)O. The quantitative estimate of drug-likeness (QED) is 0.193. The van der Waals surface area contributed by atoms with Crippen LogP contribution in [-0.4, -0.2) is 118 Å². The highest BCUT2D eigenvalue weighted by molar-refractivity contribution is 6.00. The van der Waals surface area contributed by atoms with E-state index in [0.717, 1.165) is 5.56 Å². The fourth-order valence-electron chi connectivity index (χ4n) is 9.41. The van der Waals surface area contributed by atoms with Crippen molar-refractivity contribution in [1.29, 1.82) is 0 Å². The minimum Gasteiger partial charge on any atom is -0.459 e. The van der Waals surface area contributed by atoms with Crippen molar-refractivity contribution in [2.75, 3.05) is 26.4 Å². The van der Waals surface area contributed by atoms with Crippen molar-refractivity contribution in [3.8, 4) is 0 Å². The van der Waals surface area contributed by atoms with Crippen molar-refractivity contribution in [2.45, 2.75) is 149 Å². The summed E-state index contributed by atoms with van der Waals surface area (Å²) in [7, 11) is 3.74. The summed E-state index contributed by atoms with van der Waals surface area (Å²) >= 11 is 0. The molecule has 1 aromatic heterocycles. The third-order valence-corrected chi connectivity index (χ3v) is 12.7. The first-order valence-corrected chi connectivity index (χ1v) is 20.8. The summed E-state index contributed by atoms with van der Waals surface area (Å²) < 4.78 is 31.5. The normalized spacial score (nSPS) is 38.2. The number of fused-ring (bicyclic) bond motifs is 6. The van der Waals surface area contributed by atoms with Gasteiger partial charge in [0, 0.05) is 30.5 Å². The first kappa shape index (κ1) is 46.3. The van der Waals surface area contributed by atoms with E-state index < -0.39 is 83.1 Å². The zero-order valence-electron chi connectivity index (χ0n) is 36.5. The van der Waals surface area contributed by atoms with Gasteiger partial charge in [-0.1, -0.05) is 38.9 Å². The van der Waals surface area contributed by atoms with Crippen LogP contribution in [0.3, 0.4) is 0 Å². The summed E-state index contributed by atoms with van der Waals surface area (Å²) in [5.74, 6) is -5.49. The summed E-state index contributed by atoms with van der Waals surface area (Å²) in [5, 5.41) is 28.8. The predicted molar refractivity (Wildman–Crippen MR) is 220 cm³/mol. The van der Waals surface area contributed by atoms with Crippen LogP contribution in [-0.2, 0) is 44.8 Å². The molecular formula is C43H65N5O11. The number of esters is 1. The molecule has 3 aliphatic rings. The van der Waals surface area contributed by atoms with Gasteiger partial charge in [0.2, 0.25) is 5.91 Å². The highest BCUT2D eigenvalue weighted by atomic mass is 16.7. The Labute approximate surface area is 347 Å². The number of amides is 1. The molecule has 0 radical (unpaired) electrons.